The van der Waals surface area contributed by atoms with Crippen LogP contribution in [0, 0.1) is 11.2 Å². The molecule has 3 aliphatic rings. The van der Waals surface area contributed by atoms with Crippen LogP contribution < -0.4 is 10.0 Å². The van der Waals surface area contributed by atoms with Crippen LogP contribution in [0.4, 0.5) is 4.39 Å². The third-order valence-corrected chi connectivity index (χ3v) is 9.40. The molecule has 1 aliphatic carbocycles. The zero-order chi connectivity index (χ0) is 25.4. The highest BCUT2D eigenvalue weighted by Crippen LogP contribution is 2.43. The lowest BCUT2D eigenvalue weighted by atomic mass is 9.91. The van der Waals surface area contributed by atoms with Crippen molar-refractivity contribution in [1.82, 2.24) is 19.9 Å². The summed E-state index contributed by atoms with van der Waals surface area (Å²) >= 11 is 7.90. The molecular formula is C24H26ClFN6O2S2. The fourth-order valence-electron chi connectivity index (χ4n) is 4.51. The van der Waals surface area contributed by atoms with Crippen molar-refractivity contribution >= 4 is 44.5 Å². The molecule has 0 radical (unpaired) electrons. The highest BCUT2D eigenvalue weighted by Gasteiger charge is 2.43. The Balaban J connectivity index is 1.62. The van der Waals surface area contributed by atoms with Crippen LogP contribution in [0.3, 0.4) is 0 Å². The van der Waals surface area contributed by atoms with Crippen LogP contribution in [0.1, 0.15) is 42.8 Å². The van der Waals surface area contributed by atoms with Gasteiger partial charge in [0.25, 0.3) is 0 Å². The number of fused-ring (bicyclic) bond motifs is 1. The topological polar surface area (TPSA) is 111 Å². The Hall–Kier alpha value is -2.60. The average molecular weight is 549 g/mol. The first-order chi connectivity index (χ1) is 17.3. The molecule has 3 N–H and O–H groups in total. The molecule has 2 aromatic rings. The first-order valence-electron chi connectivity index (χ1n) is 11.7. The van der Waals surface area contributed by atoms with Gasteiger partial charge < -0.3 is 15.6 Å². The standard InChI is InChI=1S/C24H26ClFN6O2S2/c1-2-28-8-7-19(27)21-20-12-15(31-36(33,34)16-4-5-16)13-32(20)23(24-29-9-10-35-24)30-22(21)17-6-3-14(26)11-18(17)25/h3,6-11,15-16,22,27-28,31H,2,4-5,12-13H2,1H3/b8-7-,27-19?/t15-,22-/m0/s1. The van der Waals surface area contributed by atoms with Crippen LogP contribution in [-0.2, 0) is 10.0 Å². The maximum Gasteiger partial charge on any atom is 0.214 e. The molecule has 12 heteroatoms. The number of thiazole rings is 1. The summed E-state index contributed by atoms with van der Waals surface area (Å²) < 4.78 is 42.2. The third kappa shape index (κ3) is 4.97. The number of hydrogen-bond acceptors (Lipinski definition) is 8. The maximum atomic E-state index is 13.9. The van der Waals surface area contributed by atoms with Crippen molar-refractivity contribution in [2.45, 2.75) is 43.5 Å². The molecule has 1 aromatic carbocycles. The normalized spacial score (nSPS) is 22.2. The molecule has 3 heterocycles. The van der Waals surface area contributed by atoms with Gasteiger partial charge in [0.1, 0.15) is 11.9 Å². The monoisotopic (exact) mass is 548 g/mol. The van der Waals surface area contributed by atoms with E-state index in [4.69, 9.17) is 22.0 Å². The van der Waals surface area contributed by atoms with Crippen molar-refractivity contribution in [3.8, 4) is 0 Å². The number of nitrogens with one attached hydrogen (secondary N) is 3. The third-order valence-electron chi connectivity index (χ3n) is 6.30. The van der Waals surface area contributed by atoms with E-state index in [1.165, 1.54) is 23.5 Å². The van der Waals surface area contributed by atoms with Crippen LogP contribution in [0.2, 0.25) is 5.02 Å². The molecule has 1 saturated heterocycles. The number of nitrogens with zero attached hydrogens (tertiary/aromatic N) is 3. The molecule has 0 bridgehead atoms. The number of allylic oxidation sites excluding steroid dienone is 1. The molecule has 8 nitrogen and oxygen atoms in total. The Labute approximate surface area is 218 Å². The number of hydrogen-bond donors (Lipinski definition) is 3. The molecule has 1 saturated carbocycles. The zero-order valence-corrected chi connectivity index (χ0v) is 21.9. The van der Waals surface area contributed by atoms with E-state index in [-0.39, 0.29) is 22.0 Å². The van der Waals surface area contributed by atoms with Crippen molar-refractivity contribution < 1.29 is 12.8 Å². The van der Waals surface area contributed by atoms with E-state index in [0.29, 0.717) is 54.3 Å². The number of halogens is 2. The lowest BCUT2D eigenvalue weighted by Crippen LogP contribution is -2.40. The lowest BCUT2D eigenvalue weighted by Gasteiger charge is -2.32. The quantitative estimate of drug-likeness (QED) is 0.410. The van der Waals surface area contributed by atoms with E-state index in [2.05, 4.69) is 15.0 Å². The van der Waals surface area contributed by atoms with E-state index in [1.54, 1.807) is 24.5 Å². The van der Waals surface area contributed by atoms with Crippen LogP contribution in [0.5, 0.6) is 0 Å². The fraction of sp³-hybridized carbons (Fsp3) is 0.375. The highest BCUT2D eigenvalue weighted by atomic mass is 35.5. The van der Waals surface area contributed by atoms with Gasteiger partial charge >= 0.3 is 0 Å². The molecule has 0 amide bonds. The minimum absolute atomic E-state index is 0.209. The predicted molar refractivity (Wildman–Crippen MR) is 141 cm³/mol. The number of benzene rings is 1. The summed E-state index contributed by atoms with van der Waals surface area (Å²) in [4.78, 5) is 11.4. The van der Waals surface area contributed by atoms with Crippen molar-refractivity contribution in [3.05, 3.63) is 74.7 Å². The van der Waals surface area contributed by atoms with E-state index >= 15 is 0 Å². The second-order valence-corrected chi connectivity index (χ2v) is 12.2. The summed E-state index contributed by atoms with van der Waals surface area (Å²) in [6, 6.07) is 3.10. The molecule has 0 unspecified atom stereocenters. The number of sulfonamides is 1. The molecule has 190 valence electrons. The van der Waals surface area contributed by atoms with Crippen LogP contribution >= 0.6 is 22.9 Å². The lowest BCUT2D eigenvalue weighted by molar-refractivity contribution is 0.513. The van der Waals surface area contributed by atoms with Gasteiger partial charge in [-0.05, 0) is 44.2 Å². The van der Waals surface area contributed by atoms with Gasteiger partial charge in [-0.1, -0.05) is 17.7 Å². The van der Waals surface area contributed by atoms with Crippen molar-refractivity contribution in [3.63, 3.8) is 0 Å². The summed E-state index contributed by atoms with van der Waals surface area (Å²) in [5, 5.41) is 14.4. The van der Waals surface area contributed by atoms with Gasteiger partial charge in [-0.3, -0.25) is 4.99 Å². The van der Waals surface area contributed by atoms with Crippen LogP contribution in [-0.4, -0.2) is 54.2 Å². The van der Waals surface area contributed by atoms with Gasteiger partial charge in [0.15, 0.2) is 10.8 Å². The van der Waals surface area contributed by atoms with Crippen molar-refractivity contribution in [1.29, 1.82) is 5.41 Å². The number of aliphatic imine (C=N–C) groups is 1. The van der Waals surface area contributed by atoms with E-state index in [9.17, 15) is 12.8 Å². The van der Waals surface area contributed by atoms with Gasteiger partial charge in [-0.2, -0.15) is 0 Å². The van der Waals surface area contributed by atoms with Gasteiger partial charge in [0.05, 0.1) is 11.0 Å². The summed E-state index contributed by atoms with van der Waals surface area (Å²) in [6.07, 6.45) is 6.78. The first-order valence-corrected chi connectivity index (χ1v) is 14.5. The Morgan fingerprint density at radius 1 is 1.39 bits per heavy atom. The first kappa shape index (κ1) is 25.1. The van der Waals surface area contributed by atoms with Gasteiger partial charge in [0.2, 0.25) is 10.0 Å². The average Bonchev–Trinajstić information content (AvgIpc) is 3.41. The Morgan fingerprint density at radius 2 is 2.19 bits per heavy atom. The second kappa shape index (κ2) is 10.0. The number of rotatable bonds is 9. The van der Waals surface area contributed by atoms with Gasteiger partial charge in [0, 0.05) is 59.0 Å². The SMILES string of the molecule is CCN/C=C\C(=N)C1=C2C[C@H](NS(=O)(=O)C3CC3)CN2C(c2nccs2)=N[C@H]1c1ccc(F)cc1Cl. The van der Waals surface area contributed by atoms with Crippen LogP contribution in [0.25, 0.3) is 0 Å². The van der Waals surface area contributed by atoms with Gasteiger partial charge in [-0.15, -0.1) is 11.3 Å². The second-order valence-electron chi connectivity index (χ2n) is 8.90. The summed E-state index contributed by atoms with van der Waals surface area (Å²) in [7, 11) is -3.41. The number of amidine groups is 1. The Kier molecular flexibility index (Phi) is 6.99. The van der Waals surface area contributed by atoms with E-state index in [1.807, 2.05) is 17.2 Å². The Morgan fingerprint density at radius 3 is 2.86 bits per heavy atom. The smallest absolute Gasteiger partial charge is 0.214 e. The minimum Gasteiger partial charge on any atom is -0.391 e. The molecule has 1 aromatic heterocycles. The molecular weight excluding hydrogens is 523 g/mol. The van der Waals surface area contributed by atoms with Crippen LogP contribution in [0.15, 0.2) is 58.3 Å². The number of aromatic nitrogens is 1. The molecule has 2 atom stereocenters. The maximum absolute atomic E-state index is 13.9. The minimum atomic E-state index is -3.41. The molecule has 5 rings (SSSR count). The molecule has 2 fully saturated rings. The largest absolute Gasteiger partial charge is 0.391 e. The zero-order valence-electron chi connectivity index (χ0n) is 19.5. The molecule has 36 heavy (non-hydrogen) atoms. The van der Waals surface area contributed by atoms with E-state index in [0.717, 1.165) is 5.70 Å². The van der Waals surface area contributed by atoms with Crippen molar-refractivity contribution in [2.24, 2.45) is 4.99 Å². The van der Waals surface area contributed by atoms with Gasteiger partial charge in [-0.25, -0.2) is 22.5 Å². The molecule has 0 spiro atoms. The predicted octanol–water partition coefficient (Wildman–Crippen LogP) is 3.99. The van der Waals surface area contributed by atoms with Crippen molar-refractivity contribution in [2.75, 3.05) is 13.1 Å². The highest BCUT2D eigenvalue weighted by molar-refractivity contribution is 7.90. The Bertz CT molecular complexity index is 1370. The fourth-order valence-corrected chi connectivity index (χ4v) is 7.00. The summed E-state index contributed by atoms with van der Waals surface area (Å²) in [5.74, 6) is 0.128. The summed E-state index contributed by atoms with van der Waals surface area (Å²) in [5.41, 5.74) is 2.17. The van der Waals surface area contributed by atoms with E-state index < -0.39 is 21.9 Å². The molecule has 2 aliphatic heterocycles. The summed E-state index contributed by atoms with van der Waals surface area (Å²) in [6.45, 7) is 3.03.